The van der Waals surface area contributed by atoms with E-state index in [-0.39, 0.29) is 0 Å². The number of unbranched alkanes of at least 4 members (excludes halogenated alkanes) is 2. The zero-order valence-corrected chi connectivity index (χ0v) is 7.69. The van der Waals surface area contributed by atoms with Crippen molar-refractivity contribution in [2.45, 2.75) is 19.3 Å². The molecule has 0 fully saturated rings. The molecular weight excluding hydrogens is 162 g/mol. The second-order valence-electron chi connectivity index (χ2n) is 2.90. The molecule has 1 heterocycles. The van der Waals surface area contributed by atoms with Crippen molar-refractivity contribution < 1.29 is 5.11 Å². The van der Waals surface area contributed by atoms with Gasteiger partial charge in [-0.05, 0) is 37.0 Å². The maximum atomic E-state index is 8.55. The van der Waals surface area contributed by atoms with Crippen molar-refractivity contribution in [3.8, 4) is 0 Å². The number of aromatic nitrogens is 1. The Kier molecular flexibility index (Phi) is 4.87. The Labute approximate surface area is 78.9 Å². The molecule has 0 aromatic carbocycles. The van der Waals surface area contributed by atoms with Gasteiger partial charge in [0.2, 0.25) is 0 Å². The Morgan fingerprint density at radius 3 is 2.69 bits per heavy atom. The molecule has 0 aliphatic heterocycles. The molecular formula is C11H15NO. The standard InChI is InChI=1S/C11H15NO/c13-10-4-2-1-3-5-11-6-8-12-9-7-11/h3,5-9,13H,1-2,4,10H2/b5-3+. The van der Waals surface area contributed by atoms with E-state index >= 15 is 0 Å². The number of hydrogen-bond acceptors (Lipinski definition) is 2. The van der Waals surface area contributed by atoms with E-state index in [2.05, 4.69) is 17.1 Å². The van der Waals surface area contributed by atoms with E-state index in [4.69, 9.17) is 5.11 Å². The van der Waals surface area contributed by atoms with Gasteiger partial charge in [0.1, 0.15) is 0 Å². The molecule has 0 atom stereocenters. The van der Waals surface area contributed by atoms with Gasteiger partial charge in [-0.15, -0.1) is 0 Å². The van der Waals surface area contributed by atoms with Crippen LogP contribution in [0.3, 0.4) is 0 Å². The number of rotatable bonds is 5. The number of pyridine rings is 1. The minimum atomic E-state index is 0.295. The van der Waals surface area contributed by atoms with E-state index < -0.39 is 0 Å². The normalized spacial score (nSPS) is 10.8. The van der Waals surface area contributed by atoms with Crippen molar-refractivity contribution in [1.29, 1.82) is 0 Å². The molecule has 2 nitrogen and oxygen atoms in total. The van der Waals surface area contributed by atoms with Crippen molar-refractivity contribution in [3.63, 3.8) is 0 Å². The summed E-state index contributed by atoms with van der Waals surface area (Å²) < 4.78 is 0. The molecule has 0 spiro atoms. The van der Waals surface area contributed by atoms with Crippen LogP contribution in [0.4, 0.5) is 0 Å². The lowest BCUT2D eigenvalue weighted by Crippen LogP contribution is -1.80. The Morgan fingerprint density at radius 1 is 1.23 bits per heavy atom. The summed E-state index contributed by atoms with van der Waals surface area (Å²) in [6.45, 7) is 0.295. The number of nitrogens with zero attached hydrogens (tertiary/aromatic N) is 1. The van der Waals surface area contributed by atoms with Gasteiger partial charge in [0.25, 0.3) is 0 Å². The fourth-order valence-corrected chi connectivity index (χ4v) is 1.07. The minimum Gasteiger partial charge on any atom is -0.396 e. The first-order valence-electron chi connectivity index (χ1n) is 4.61. The van der Waals surface area contributed by atoms with Gasteiger partial charge in [0.15, 0.2) is 0 Å². The highest BCUT2D eigenvalue weighted by molar-refractivity contribution is 5.47. The molecule has 1 rings (SSSR count). The molecule has 13 heavy (non-hydrogen) atoms. The molecule has 0 aliphatic carbocycles. The summed E-state index contributed by atoms with van der Waals surface area (Å²) in [6, 6.07) is 3.95. The zero-order chi connectivity index (χ0) is 9.36. The summed E-state index contributed by atoms with van der Waals surface area (Å²) in [5.41, 5.74) is 1.18. The van der Waals surface area contributed by atoms with Crippen LogP contribution in [0.5, 0.6) is 0 Å². The number of aliphatic hydroxyl groups is 1. The second-order valence-corrected chi connectivity index (χ2v) is 2.90. The zero-order valence-electron chi connectivity index (χ0n) is 7.69. The van der Waals surface area contributed by atoms with Gasteiger partial charge in [-0.25, -0.2) is 0 Å². The predicted octanol–water partition coefficient (Wildman–Crippen LogP) is 2.26. The topological polar surface area (TPSA) is 33.1 Å². The van der Waals surface area contributed by atoms with Crippen LogP contribution in [-0.2, 0) is 0 Å². The third-order valence-corrected chi connectivity index (χ3v) is 1.80. The van der Waals surface area contributed by atoms with Crippen LogP contribution >= 0.6 is 0 Å². The Morgan fingerprint density at radius 2 is 2.00 bits per heavy atom. The highest BCUT2D eigenvalue weighted by atomic mass is 16.2. The van der Waals surface area contributed by atoms with E-state index in [1.165, 1.54) is 5.56 Å². The van der Waals surface area contributed by atoms with Crippen molar-refractivity contribution in [1.82, 2.24) is 4.98 Å². The Bertz CT molecular complexity index is 244. The van der Waals surface area contributed by atoms with Crippen molar-refractivity contribution >= 4 is 6.08 Å². The maximum Gasteiger partial charge on any atom is 0.0431 e. The summed E-state index contributed by atoms with van der Waals surface area (Å²) in [4.78, 5) is 3.94. The van der Waals surface area contributed by atoms with Gasteiger partial charge >= 0.3 is 0 Å². The van der Waals surface area contributed by atoms with Gasteiger partial charge in [-0.1, -0.05) is 12.2 Å². The van der Waals surface area contributed by atoms with Gasteiger partial charge in [0, 0.05) is 19.0 Å². The van der Waals surface area contributed by atoms with Crippen LogP contribution in [0.1, 0.15) is 24.8 Å². The number of allylic oxidation sites excluding steroid dienone is 1. The third-order valence-electron chi connectivity index (χ3n) is 1.80. The molecule has 70 valence electrons. The summed E-state index contributed by atoms with van der Waals surface area (Å²) in [5.74, 6) is 0. The van der Waals surface area contributed by atoms with Gasteiger partial charge in [0.05, 0.1) is 0 Å². The second kappa shape index (κ2) is 6.38. The van der Waals surface area contributed by atoms with Crippen LogP contribution in [0.25, 0.3) is 6.08 Å². The molecule has 1 aromatic rings. The fourth-order valence-electron chi connectivity index (χ4n) is 1.07. The molecule has 1 aromatic heterocycles. The summed E-state index contributed by atoms with van der Waals surface area (Å²) in [6.07, 6.45) is 10.8. The summed E-state index contributed by atoms with van der Waals surface area (Å²) in [7, 11) is 0. The van der Waals surface area contributed by atoms with Gasteiger partial charge in [-0.3, -0.25) is 4.98 Å². The first kappa shape index (κ1) is 9.93. The molecule has 0 amide bonds. The summed E-state index contributed by atoms with van der Waals surface area (Å²) in [5, 5.41) is 8.55. The largest absolute Gasteiger partial charge is 0.396 e. The lowest BCUT2D eigenvalue weighted by atomic mass is 10.2. The van der Waals surface area contributed by atoms with Gasteiger partial charge < -0.3 is 5.11 Å². The van der Waals surface area contributed by atoms with Crippen molar-refractivity contribution in [2.75, 3.05) is 6.61 Å². The predicted molar refractivity (Wildman–Crippen MR) is 54.2 cm³/mol. The highest BCUT2D eigenvalue weighted by Crippen LogP contribution is 2.02. The van der Waals surface area contributed by atoms with E-state index in [1.807, 2.05) is 12.1 Å². The van der Waals surface area contributed by atoms with Gasteiger partial charge in [-0.2, -0.15) is 0 Å². The average molecular weight is 177 g/mol. The molecule has 0 saturated heterocycles. The molecule has 0 aliphatic rings. The van der Waals surface area contributed by atoms with Crippen LogP contribution in [0.2, 0.25) is 0 Å². The van der Waals surface area contributed by atoms with Crippen LogP contribution in [-0.4, -0.2) is 16.7 Å². The fraction of sp³-hybridized carbons (Fsp3) is 0.364. The molecule has 0 radical (unpaired) electrons. The third kappa shape index (κ3) is 4.43. The number of hydrogen-bond donors (Lipinski definition) is 1. The monoisotopic (exact) mass is 177 g/mol. The van der Waals surface area contributed by atoms with Crippen LogP contribution < -0.4 is 0 Å². The van der Waals surface area contributed by atoms with E-state index in [1.54, 1.807) is 12.4 Å². The molecule has 0 bridgehead atoms. The smallest absolute Gasteiger partial charge is 0.0431 e. The lowest BCUT2D eigenvalue weighted by Gasteiger charge is -1.92. The molecule has 2 heteroatoms. The Hall–Kier alpha value is -1.15. The molecule has 0 saturated carbocycles. The first-order valence-corrected chi connectivity index (χ1v) is 4.61. The quantitative estimate of drug-likeness (QED) is 0.700. The first-order chi connectivity index (χ1) is 6.43. The van der Waals surface area contributed by atoms with Crippen LogP contribution in [0, 0.1) is 0 Å². The lowest BCUT2D eigenvalue weighted by molar-refractivity contribution is 0.285. The number of aliphatic hydroxyl groups excluding tert-OH is 1. The SMILES string of the molecule is OCCCC/C=C/c1ccncc1. The summed E-state index contributed by atoms with van der Waals surface area (Å²) >= 11 is 0. The molecule has 0 unspecified atom stereocenters. The molecule has 1 N–H and O–H groups in total. The maximum absolute atomic E-state index is 8.55. The van der Waals surface area contributed by atoms with E-state index in [0.29, 0.717) is 6.61 Å². The van der Waals surface area contributed by atoms with Crippen LogP contribution in [0.15, 0.2) is 30.6 Å². The highest BCUT2D eigenvalue weighted by Gasteiger charge is 1.84. The van der Waals surface area contributed by atoms with E-state index in [0.717, 1.165) is 19.3 Å². The van der Waals surface area contributed by atoms with Crippen molar-refractivity contribution in [2.24, 2.45) is 0 Å². The van der Waals surface area contributed by atoms with Crippen molar-refractivity contribution in [3.05, 3.63) is 36.2 Å². The van der Waals surface area contributed by atoms with E-state index in [9.17, 15) is 0 Å². The Balaban J connectivity index is 2.25. The average Bonchev–Trinajstić information content (AvgIpc) is 2.19. The minimum absolute atomic E-state index is 0.295.